The summed E-state index contributed by atoms with van der Waals surface area (Å²) in [7, 11) is 0. The third kappa shape index (κ3) is 3.90. The fourth-order valence-electron chi connectivity index (χ4n) is 2.03. The molecule has 112 valence electrons. The Hall–Kier alpha value is -2.18. The lowest BCUT2D eigenvalue weighted by molar-refractivity contribution is 0.379. The van der Waals surface area contributed by atoms with E-state index in [-0.39, 0.29) is 0 Å². The predicted octanol–water partition coefficient (Wildman–Crippen LogP) is 2.21. The van der Waals surface area contributed by atoms with Crippen molar-refractivity contribution in [1.29, 1.82) is 0 Å². The van der Waals surface area contributed by atoms with Gasteiger partial charge in [0.25, 0.3) is 0 Å². The van der Waals surface area contributed by atoms with Crippen molar-refractivity contribution in [2.45, 2.75) is 38.5 Å². The Labute approximate surface area is 123 Å². The maximum absolute atomic E-state index is 4.97. The van der Waals surface area contributed by atoms with Gasteiger partial charge in [-0.15, -0.1) is 0 Å². The second-order valence-corrected chi connectivity index (χ2v) is 5.21. The number of anilines is 2. The second kappa shape index (κ2) is 6.51. The van der Waals surface area contributed by atoms with E-state index in [4.69, 9.17) is 4.52 Å². The fraction of sp³-hybridized carbons (Fsp3) is 0.571. The number of hydrogen-bond acceptors (Lipinski definition) is 7. The molecule has 1 fully saturated rings. The number of nitrogens with zero attached hydrogens (tertiary/aromatic N) is 4. The van der Waals surface area contributed by atoms with Crippen LogP contribution < -0.4 is 10.6 Å². The van der Waals surface area contributed by atoms with Crippen LogP contribution in [0.1, 0.15) is 43.8 Å². The Morgan fingerprint density at radius 2 is 1.95 bits per heavy atom. The first kappa shape index (κ1) is 13.8. The third-order valence-corrected chi connectivity index (χ3v) is 3.29. The lowest BCUT2D eigenvalue weighted by Crippen LogP contribution is -2.10. The summed E-state index contributed by atoms with van der Waals surface area (Å²) in [5.74, 6) is 3.85. The minimum Gasteiger partial charge on any atom is -0.370 e. The normalized spacial score (nSPS) is 14.1. The van der Waals surface area contributed by atoms with E-state index in [0.717, 1.165) is 30.4 Å². The van der Waals surface area contributed by atoms with Crippen LogP contribution in [0.4, 0.5) is 11.6 Å². The average molecular weight is 288 g/mol. The fourth-order valence-corrected chi connectivity index (χ4v) is 2.03. The molecule has 0 amide bonds. The number of rotatable bonds is 8. The maximum Gasteiger partial charge on any atom is 0.228 e. The zero-order chi connectivity index (χ0) is 14.5. The highest BCUT2D eigenvalue weighted by Crippen LogP contribution is 2.38. The van der Waals surface area contributed by atoms with Gasteiger partial charge in [-0.05, 0) is 19.3 Å². The van der Waals surface area contributed by atoms with E-state index >= 15 is 0 Å². The van der Waals surface area contributed by atoms with Crippen molar-refractivity contribution in [3.8, 4) is 0 Å². The lowest BCUT2D eigenvalue weighted by Gasteiger charge is -2.10. The van der Waals surface area contributed by atoms with Gasteiger partial charge in [-0.1, -0.05) is 12.1 Å². The molecule has 7 heteroatoms. The summed E-state index contributed by atoms with van der Waals surface area (Å²) in [6.07, 6.45) is 5.55. The molecule has 2 N–H and O–H groups in total. The highest BCUT2D eigenvalue weighted by atomic mass is 16.5. The first-order valence-corrected chi connectivity index (χ1v) is 7.47. The average Bonchev–Trinajstić information content (AvgIpc) is 3.23. The lowest BCUT2D eigenvalue weighted by atomic mass is 10.3. The van der Waals surface area contributed by atoms with Gasteiger partial charge in [-0.3, -0.25) is 0 Å². The van der Waals surface area contributed by atoms with Gasteiger partial charge in [0.2, 0.25) is 5.89 Å². The first-order chi connectivity index (χ1) is 10.3. The van der Waals surface area contributed by atoms with Gasteiger partial charge >= 0.3 is 0 Å². The predicted molar refractivity (Wildman–Crippen MR) is 79.3 cm³/mol. The Balaban J connectivity index is 1.63. The molecule has 1 aliphatic rings. The first-order valence-electron chi connectivity index (χ1n) is 7.47. The van der Waals surface area contributed by atoms with Crippen molar-refractivity contribution >= 4 is 11.6 Å². The monoisotopic (exact) mass is 288 g/mol. The molecule has 2 heterocycles. The van der Waals surface area contributed by atoms with Crippen LogP contribution in [-0.4, -0.2) is 33.2 Å². The van der Waals surface area contributed by atoms with E-state index in [1.807, 2.05) is 6.07 Å². The van der Waals surface area contributed by atoms with Crippen molar-refractivity contribution in [1.82, 2.24) is 20.1 Å². The summed E-state index contributed by atoms with van der Waals surface area (Å²) >= 11 is 0. The van der Waals surface area contributed by atoms with E-state index in [9.17, 15) is 0 Å². The minimum atomic E-state index is 0.532. The van der Waals surface area contributed by atoms with Gasteiger partial charge in [0.1, 0.15) is 17.5 Å². The molecular weight excluding hydrogens is 268 g/mol. The van der Waals surface area contributed by atoms with Gasteiger partial charge < -0.3 is 15.2 Å². The Bertz CT molecular complexity index is 567. The van der Waals surface area contributed by atoms with E-state index in [2.05, 4.69) is 37.7 Å². The van der Waals surface area contributed by atoms with Crippen LogP contribution in [0.15, 0.2) is 16.9 Å². The van der Waals surface area contributed by atoms with Gasteiger partial charge in [0.15, 0.2) is 6.33 Å². The van der Waals surface area contributed by atoms with Crippen molar-refractivity contribution < 1.29 is 4.52 Å². The van der Waals surface area contributed by atoms with Crippen LogP contribution in [-0.2, 0) is 6.42 Å². The van der Waals surface area contributed by atoms with Crippen LogP contribution in [0.3, 0.4) is 0 Å². The van der Waals surface area contributed by atoms with Crippen LogP contribution in [0.2, 0.25) is 0 Å². The number of hydrogen-bond donors (Lipinski definition) is 2. The van der Waals surface area contributed by atoms with Gasteiger partial charge in [-0.25, -0.2) is 9.97 Å². The van der Waals surface area contributed by atoms with Gasteiger partial charge in [0.05, 0.1) is 0 Å². The summed E-state index contributed by atoms with van der Waals surface area (Å²) in [6.45, 7) is 3.76. The Kier molecular flexibility index (Phi) is 4.28. The molecule has 0 bridgehead atoms. The molecule has 2 aromatic heterocycles. The molecule has 21 heavy (non-hydrogen) atoms. The summed E-state index contributed by atoms with van der Waals surface area (Å²) < 4.78 is 4.97. The molecule has 0 aromatic carbocycles. The van der Waals surface area contributed by atoms with Crippen LogP contribution in [0.25, 0.3) is 0 Å². The molecule has 0 spiro atoms. The Morgan fingerprint density at radius 3 is 2.57 bits per heavy atom. The topological polar surface area (TPSA) is 88.8 Å². The number of aromatic nitrogens is 4. The molecule has 0 aliphatic heterocycles. The molecule has 1 aliphatic carbocycles. The maximum atomic E-state index is 4.97. The SMILES string of the molecule is CCCNc1cc(NCCc2ncno2)nc(C2CC2)n1. The van der Waals surface area contributed by atoms with E-state index in [1.54, 1.807) is 0 Å². The Morgan fingerprint density at radius 1 is 1.19 bits per heavy atom. The molecule has 7 nitrogen and oxygen atoms in total. The molecule has 3 rings (SSSR count). The minimum absolute atomic E-state index is 0.532. The standard InChI is InChI=1S/C14H20N6O/c1-2-6-15-11-8-12(20-14(19-11)10-3-4-10)16-7-5-13-17-9-18-21-13/h8-10H,2-7H2,1H3,(H2,15,16,19,20). The zero-order valence-electron chi connectivity index (χ0n) is 12.2. The molecule has 1 saturated carbocycles. The highest BCUT2D eigenvalue weighted by Gasteiger charge is 2.27. The van der Waals surface area contributed by atoms with Crippen LogP contribution in [0, 0.1) is 0 Å². The van der Waals surface area contributed by atoms with E-state index in [0.29, 0.717) is 24.8 Å². The summed E-state index contributed by atoms with van der Waals surface area (Å²) in [4.78, 5) is 13.2. The largest absolute Gasteiger partial charge is 0.370 e. The zero-order valence-corrected chi connectivity index (χ0v) is 12.2. The van der Waals surface area contributed by atoms with Crippen LogP contribution in [0.5, 0.6) is 0 Å². The summed E-state index contributed by atoms with van der Waals surface area (Å²) in [6, 6.07) is 1.95. The van der Waals surface area contributed by atoms with Crippen molar-refractivity contribution in [3.63, 3.8) is 0 Å². The quantitative estimate of drug-likeness (QED) is 0.769. The molecule has 0 atom stereocenters. The highest BCUT2D eigenvalue weighted by molar-refractivity contribution is 5.48. The van der Waals surface area contributed by atoms with E-state index in [1.165, 1.54) is 19.2 Å². The van der Waals surface area contributed by atoms with Crippen molar-refractivity contribution in [2.24, 2.45) is 0 Å². The van der Waals surface area contributed by atoms with E-state index < -0.39 is 0 Å². The van der Waals surface area contributed by atoms with Crippen LogP contribution >= 0.6 is 0 Å². The molecule has 2 aromatic rings. The number of nitrogens with one attached hydrogen (secondary N) is 2. The van der Waals surface area contributed by atoms with Gasteiger partial charge in [-0.2, -0.15) is 4.98 Å². The third-order valence-electron chi connectivity index (χ3n) is 3.29. The second-order valence-electron chi connectivity index (χ2n) is 5.21. The van der Waals surface area contributed by atoms with Crippen molar-refractivity contribution in [2.75, 3.05) is 23.7 Å². The molecule has 0 saturated heterocycles. The van der Waals surface area contributed by atoms with Gasteiger partial charge in [0, 0.05) is 31.5 Å². The van der Waals surface area contributed by atoms with Crippen molar-refractivity contribution in [3.05, 3.63) is 24.1 Å². The summed E-state index contributed by atoms with van der Waals surface area (Å²) in [5, 5.41) is 10.2. The molecular formula is C14H20N6O. The molecule has 0 radical (unpaired) electrons. The smallest absolute Gasteiger partial charge is 0.228 e. The summed E-state index contributed by atoms with van der Waals surface area (Å²) in [5.41, 5.74) is 0. The molecule has 0 unspecified atom stereocenters.